The molecule has 0 aliphatic heterocycles. The number of rotatable bonds is 16. The quantitative estimate of drug-likeness (QED) is 0.263. The third-order valence-corrected chi connectivity index (χ3v) is 6.65. The highest BCUT2D eigenvalue weighted by molar-refractivity contribution is 6.60. The molecule has 1 N–H and O–H groups in total. The fourth-order valence-electron chi connectivity index (χ4n) is 2.51. The average molecular weight is 347 g/mol. The van der Waals surface area contributed by atoms with Gasteiger partial charge in [-0.15, -0.1) is 0 Å². The Balaban J connectivity index is 4.01. The molecule has 0 spiro atoms. The summed E-state index contributed by atoms with van der Waals surface area (Å²) in [6, 6.07) is 0.870. The van der Waals surface area contributed by atoms with Gasteiger partial charge in [-0.05, 0) is 46.6 Å². The van der Waals surface area contributed by atoms with Crippen LogP contribution in [0.4, 0.5) is 0 Å². The van der Waals surface area contributed by atoms with Gasteiger partial charge in [-0.1, -0.05) is 20.3 Å². The van der Waals surface area contributed by atoms with Crippen LogP contribution in [0.1, 0.15) is 60.3 Å². The maximum Gasteiger partial charge on any atom is 0.500 e. The molecule has 23 heavy (non-hydrogen) atoms. The van der Waals surface area contributed by atoms with Gasteiger partial charge in [0.25, 0.3) is 0 Å². The number of nitrogens with one attached hydrogen (secondary N) is 1. The minimum atomic E-state index is -2.47. The van der Waals surface area contributed by atoms with E-state index in [1.165, 1.54) is 12.1 Å². The van der Waals surface area contributed by atoms with Crippen molar-refractivity contribution in [1.82, 2.24) is 5.32 Å². The van der Waals surface area contributed by atoms with Crippen molar-refractivity contribution in [2.24, 2.45) is 4.99 Å². The molecule has 0 aromatic rings. The molecule has 0 bridgehead atoms. The maximum atomic E-state index is 5.86. The van der Waals surface area contributed by atoms with E-state index in [-0.39, 0.29) is 0 Å². The lowest BCUT2D eigenvalue weighted by Gasteiger charge is -2.28. The zero-order valence-electron chi connectivity index (χ0n) is 16.0. The van der Waals surface area contributed by atoms with E-state index in [4.69, 9.17) is 13.3 Å². The second kappa shape index (κ2) is 15.3. The summed E-state index contributed by atoms with van der Waals surface area (Å²) in [5, 5.41) is 3.45. The van der Waals surface area contributed by atoms with Gasteiger partial charge in [0.1, 0.15) is 0 Å². The Morgan fingerprint density at radius 1 is 0.913 bits per heavy atom. The molecule has 0 fully saturated rings. The maximum absolute atomic E-state index is 5.86. The summed E-state index contributed by atoms with van der Waals surface area (Å²) in [6.07, 6.45) is 4.38. The van der Waals surface area contributed by atoms with Gasteiger partial charge in [0.2, 0.25) is 0 Å². The molecule has 0 saturated carbocycles. The van der Waals surface area contributed by atoms with Crippen molar-refractivity contribution < 1.29 is 13.3 Å². The summed E-state index contributed by atoms with van der Waals surface area (Å²) in [6.45, 7) is 15.1. The largest absolute Gasteiger partial charge is 0.500 e. The smallest absolute Gasteiger partial charge is 0.374 e. The highest BCUT2D eigenvalue weighted by Gasteiger charge is 2.39. The molecule has 0 aromatic heterocycles. The van der Waals surface area contributed by atoms with E-state index >= 15 is 0 Å². The second-order valence-electron chi connectivity index (χ2n) is 5.39. The number of hydrogen-bond donors (Lipinski definition) is 1. The fraction of sp³-hybridized carbons (Fsp3) is 0.941. The van der Waals surface area contributed by atoms with Crippen molar-refractivity contribution in [3.63, 3.8) is 0 Å². The molecular formula is C17H38N2O3Si. The van der Waals surface area contributed by atoms with Crippen molar-refractivity contribution in [2.75, 3.05) is 39.5 Å². The lowest BCUT2D eigenvalue weighted by Crippen LogP contribution is -2.46. The molecule has 0 radical (unpaired) electrons. The Kier molecular flexibility index (Phi) is 15.1. The Morgan fingerprint density at radius 2 is 1.52 bits per heavy atom. The highest BCUT2D eigenvalue weighted by atomic mass is 28.4. The lowest BCUT2D eigenvalue weighted by atomic mass is 10.2. The van der Waals surface area contributed by atoms with Crippen LogP contribution in [0, 0.1) is 0 Å². The Hall–Kier alpha value is -0.273. The predicted molar refractivity (Wildman–Crippen MR) is 100 cm³/mol. The number of nitrogens with zero attached hydrogens (tertiary/aromatic N) is 1. The third-order valence-electron chi connectivity index (χ3n) is 3.50. The molecule has 0 aliphatic rings. The summed E-state index contributed by atoms with van der Waals surface area (Å²) in [5.74, 6) is 0. The van der Waals surface area contributed by atoms with Gasteiger partial charge in [0.15, 0.2) is 0 Å². The van der Waals surface area contributed by atoms with Gasteiger partial charge in [-0.25, -0.2) is 0 Å². The van der Waals surface area contributed by atoms with Gasteiger partial charge in [0, 0.05) is 38.1 Å². The van der Waals surface area contributed by atoms with Gasteiger partial charge >= 0.3 is 8.80 Å². The van der Waals surface area contributed by atoms with Crippen molar-refractivity contribution >= 4 is 14.5 Å². The Morgan fingerprint density at radius 3 is 2.00 bits per heavy atom. The van der Waals surface area contributed by atoms with Crippen LogP contribution in [0.5, 0.6) is 0 Å². The SMILES string of the molecule is CCCC(CC)=NCCNCCC[Si](OCC)(OCC)OCC. The fourth-order valence-corrected chi connectivity index (χ4v) is 5.12. The molecule has 6 heteroatoms. The van der Waals surface area contributed by atoms with E-state index in [0.717, 1.165) is 44.9 Å². The first kappa shape index (κ1) is 22.7. The summed E-state index contributed by atoms with van der Waals surface area (Å²) in [4.78, 5) is 4.66. The first-order chi connectivity index (χ1) is 11.2. The van der Waals surface area contributed by atoms with Crippen LogP contribution in [-0.2, 0) is 13.3 Å². The van der Waals surface area contributed by atoms with Gasteiger partial charge in [-0.3, -0.25) is 4.99 Å². The van der Waals surface area contributed by atoms with Crippen molar-refractivity contribution in [1.29, 1.82) is 0 Å². The van der Waals surface area contributed by atoms with Crippen molar-refractivity contribution in [3.8, 4) is 0 Å². The normalized spacial score (nSPS) is 12.8. The first-order valence-corrected chi connectivity index (χ1v) is 11.3. The highest BCUT2D eigenvalue weighted by Crippen LogP contribution is 2.17. The summed E-state index contributed by atoms with van der Waals surface area (Å²) in [7, 11) is -2.47. The lowest BCUT2D eigenvalue weighted by molar-refractivity contribution is 0.0708. The molecule has 138 valence electrons. The van der Waals surface area contributed by atoms with Gasteiger partial charge in [0.05, 0.1) is 6.54 Å². The molecular weight excluding hydrogens is 308 g/mol. The summed E-state index contributed by atoms with van der Waals surface area (Å²) >= 11 is 0. The third kappa shape index (κ3) is 11.0. The van der Waals surface area contributed by atoms with Crippen molar-refractivity contribution in [3.05, 3.63) is 0 Å². The Labute approximate surface area is 144 Å². The van der Waals surface area contributed by atoms with Gasteiger partial charge < -0.3 is 18.6 Å². The van der Waals surface area contributed by atoms with E-state index < -0.39 is 8.80 Å². The molecule has 0 unspecified atom stereocenters. The van der Waals surface area contributed by atoms with E-state index in [9.17, 15) is 0 Å². The molecule has 0 atom stereocenters. The molecule has 5 nitrogen and oxygen atoms in total. The topological polar surface area (TPSA) is 52.1 Å². The van der Waals surface area contributed by atoms with E-state index in [1.807, 2.05) is 20.8 Å². The van der Waals surface area contributed by atoms with E-state index in [0.29, 0.717) is 19.8 Å². The monoisotopic (exact) mass is 346 g/mol. The number of hydrogen-bond acceptors (Lipinski definition) is 5. The van der Waals surface area contributed by atoms with Crippen LogP contribution in [0.3, 0.4) is 0 Å². The van der Waals surface area contributed by atoms with Crippen LogP contribution < -0.4 is 5.32 Å². The zero-order chi connectivity index (χ0) is 17.4. The molecule has 0 heterocycles. The van der Waals surface area contributed by atoms with E-state index in [1.54, 1.807) is 0 Å². The Bertz CT molecular complexity index is 285. The minimum Gasteiger partial charge on any atom is -0.374 e. The van der Waals surface area contributed by atoms with Crippen LogP contribution in [0.25, 0.3) is 0 Å². The molecule has 0 rings (SSSR count). The summed E-state index contributed by atoms with van der Waals surface area (Å²) in [5.41, 5.74) is 1.34. The van der Waals surface area contributed by atoms with Crippen LogP contribution >= 0.6 is 0 Å². The van der Waals surface area contributed by atoms with Crippen LogP contribution in [0.2, 0.25) is 6.04 Å². The molecule has 0 aliphatic carbocycles. The molecule has 0 saturated heterocycles. The van der Waals surface area contributed by atoms with Gasteiger partial charge in [-0.2, -0.15) is 0 Å². The van der Waals surface area contributed by atoms with Crippen LogP contribution in [-0.4, -0.2) is 54.0 Å². The molecule has 0 aromatic carbocycles. The predicted octanol–water partition coefficient (Wildman–Crippen LogP) is 3.67. The minimum absolute atomic E-state index is 0.644. The zero-order valence-corrected chi connectivity index (χ0v) is 17.0. The average Bonchev–Trinajstić information content (AvgIpc) is 2.53. The van der Waals surface area contributed by atoms with Crippen molar-refractivity contribution in [2.45, 2.75) is 66.3 Å². The first-order valence-electron chi connectivity index (χ1n) is 9.32. The molecule has 0 amide bonds. The van der Waals surface area contributed by atoms with Crippen LogP contribution in [0.15, 0.2) is 4.99 Å². The second-order valence-corrected chi connectivity index (χ2v) is 8.12. The van der Waals surface area contributed by atoms with E-state index in [2.05, 4.69) is 24.2 Å². The number of aliphatic imine (C=N–C) groups is 1. The summed E-state index contributed by atoms with van der Waals surface area (Å²) < 4.78 is 17.6. The standard InChI is InChI=1S/C17H38N2O3Si/c1-6-12-17(7-2)19-15-14-18-13-11-16-23(20-8-3,21-9-4)22-10-5/h18H,6-16H2,1-5H3.